The molecule has 3 unspecified atom stereocenters. The Labute approximate surface area is 199 Å². The summed E-state index contributed by atoms with van der Waals surface area (Å²) in [5, 5.41) is 10.4. The molecule has 1 fully saturated rings. The number of phosphoric ester groups is 4. The van der Waals surface area contributed by atoms with E-state index < -0.39 is 89.4 Å². The Kier molecular flexibility index (Phi) is 11.4. The van der Waals surface area contributed by atoms with Crippen LogP contribution in [0.5, 0.6) is 0 Å². The van der Waals surface area contributed by atoms with Gasteiger partial charge in [0.15, 0.2) is 0 Å². The van der Waals surface area contributed by atoms with Crippen LogP contribution in [0.2, 0.25) is 0 Å². The standard InChI is InChI=1S/C7H20O23P6/c8-2-3(27-33(14,15)16)5(29-35(20,21)22)7(26-32(12,13)1-31(9,10)11)6(30-36(23,24)25)4(2)28-34(17,18)19/h2-8H,1H2,(H,12,13)(H2,9,10,11)(H2,14,15,16)(H2,17,18,19)(H2,20,21,22)(H2,23,24,25)/p-2/t2?,3-,4+,5+,6-,7?. The molecule has 29 heteroatoms. The third-order valence-electron chi connectivity index (χ3n) is 3.64. The van der Waals surface area contributed by atoms with Gasteiger partial charge in [-0.15, -0.1) is 0 Å². The average molecular weight is 656 g/mol. The zero-order valence-corrected chi connectivity index (χ0v) is 22.0. The van der Waals surface area contributed by atoms with Crippen molar-refractivity contribution in [1.82, 2.24) is 0 Å². The maximum Gasteiger partial charge on any atom is 0.470 e. The molecule has 1 rings (SSSR count). The van der Waals surface area contributed by atoms with Crippen LogP contribution in [0.1, 0.15) is 0 Å². The van der Waals surface area contributed by atoms with Gasteiger partial charge in [0.25, 0.3) is 0 Å². The van der Waals surface area contributed by atoms with Crippen LogP contribution < -0.4 is 14.7 Å². The molecule has 0 heterocycles. The van der Waals surface area contributed by atoms with Gasteiger partial charge in [0.05, 0.1) is 0 Å². The fourth-order valence-electron chi connectivity index (χ4n) is 2.82. The summed E-state index contributed by atoms with van der Waals surface area (Å²) in [6.07, 6.45) is -18.2. The molecule has 36 heavy (non-hydrogen) atoms. The molecular weight excluding hydrogens is 638 g/mol. The summed E-state index contributed by atoms with van der Waals surface area (Å²) in [5.41, 5.74) is 0. The van der Waals surface area contributed by atoms with E-state index in [1.165, 1.54) is 0 Å². The molecule has 0 bridgehead atoms. The number of rotatable bonds is 12. The van der Waals surface area contributed by atoms with Crippen LogP contribution >= 0.6 is 46.8 Å². The van der Waals surface area contributed by atoms with E-state index in [-0.39, 0.29) is 0 Å². The van der Waals surface area contributed by atoms with E-state index in [2.05, 4.69) is 22.6 Å². The van der Waals surface area contributed by atoms with Gasteiger partial charge in [0.1, 0.15) is 42.5 Å². The zero-order valence-electron chi connectivity index (χ0n) is 16.6. The molecule has 0 amide bonds. The maximum atomic E-state index is 12.2. The summed E-state index contributed by atoms with van der Waals surface area (Å²) >= 11 is 0. The lowest BCUT2D eigenvalue weighted by Gasteiger charge is -2.48. The minimum atomic E-state index is -5.97. The Morgan fingerprint density at radius 1 is 0.528 bits per heavy atom. The number of hydrogen-bond donors (Lipinski definition) is 10. The largest absolute Gasteiger partial charge is 0.687 e. The number of hydrogen-bond acceptors (Lipinski definition) is 14. The van der Waals surface area contributed by atoms with Gasteiger partial charge in [-0.2, -0.15) is 7.94 Å². The predicted molar refractivity (Wildman–Crippen MR) is 100 cm³/mol. The van der Waals surface area contributed by atoms with Gasteiger partial charge in [0.2, 0.25) is 0 Å². The highest BCUT2D eigenvalue weighted by atomic mass is 31.3. The molecular formula is C7H18O23P6-2. The Balaban J connectivity index is 3.85. The van der Waals surface area contributed by atoms with Gasteiger partial charge >= 0.3 is 38.9 Å². The topological polar surface area (TPSA) is 403 Å². The molecule has 7 atom stereocenters. The van der Waals surface area contributed by atoms with Gasteiger partial charge in [0, 0.05) is 0 Å². The second-order valence-corrected chi connectivity index (χ2v) is 15.3. The summed E-state index contributed by atoms with van der Waals surface area (Å²) in [6, 6.07) is 0. The van der Waals surface area contributed by atoms with Crippen LogP contribution in [0.4, 0.5) is 0 Å². The van der Waals surface area contributed by atoms with Crippen LogP contribution in [-0.4, -0.2) is 91.7 Å². The van der Waals surface area contributed by atoms with Gasteiger partial charge in [-0.1, -0.05) is 0 Å². The van der Waals surface area contributed by atoms with Crippen molar-refractivity contribution in [3.8, 4) is 0 Å². The Morgan fingerprint density at radius 3 is 1.03 bits per heavy atom. The molecule has 0 saturated heterocycles. The Bertz CT molecular complexity index is 935. The molecule has 0 aliphatic heterocycles. The van der Waals surface area contributed by atoms with E-state index in [1.54, 1.807) is 0 Å². The number of aliphatic hydroxyl groups is 1. The van der Waals surface area contributed by atoms with Crippen molar-refractivity contribution in [2.75, 3.05) is 5.90 Å². The summed E-state index contributed by atoms with van der Waals surface area (Å²) in [4.78, 5) is 115. The molecule has 10 N–H and O–H groups in total. The zero-order chi connectivity index (χ0) is 28.7. The Hall–Kier alpha value is 0.860. The molecule has 1 aliphatic rings. The SMILES string of the molecule is O=P(O)(O)O[C@@H]1C(O)[C@H](OP(=O)(O)O)[C@@H](OP(=O)(O)O)C(OP(=O)(O)C[P+]([O-])([O-])[O-])[C@H]1OP(=O)(O)O. The molecule has 0 spiro atoms. The van der Waals surface area contributed by atoms with Crippen LogP contribution in [0.15, 0.2) is 0 Å². The van der Waals surface area contributed by atoms with Crippen LogP contribution in [-0.2, 0) is 45.4 Å². The van der Waals surface area contributed by atoms with E-state index in [1.807, 2.05) is 0 Å². The highest BCUT2D eigenvalue weighted by molar-refractivity contribution is 7.71. The third kappa shape index (κ3) is 12.8. The first-order valence-electron chi connectivity index (χ1n) is 8.24. The normalized spacial score (nSPS) is 30.7. The first-order chi connectivity index (χ1) is 15.6. The minimum absolute atomic E-state index is 2.31. The van der Waals surface area contributed by atoms with E-state index in [0.717, 1.165) is 0 Å². The molecule has 0 radical (unpaired) electrons. The van der Waals surface area contributed by atoms with Crippen molar-refractivity contribution in [1.29, 1.82) is 0 Å². The lowest BCUT2D eigenvalue weighted by Crippen LogP contribution is -2.66. The molecule has 216 valence electrons. The molecule has 1 aliphatic carbocycles. The molecule has 23 nitrogen and oxygen atoms in total. The summed E-state index contributed by atoms with van der Waals surface area (Å²) in [5.74, 6) is -2.31. The molecule has 0 aromatic rings. The van der Waals surface area contributed by atoms with Crippen molar-refractivity contribution in [3.05, 3.63) is 0 Å². The number of phosphoric acid groups is 4. The maximum absolute atomic E-state index is 12.2. The second-order valence-electron chi connectivity index (χ2n) is 6.69. The average Bonchev–Trinajstić information content (AvgIpc) is 2.51. The smallest absolute Gasteiger partial charge is 0.470 e. The molecule has 1 saturated carbocycles. The van der Waals surface area contributed by atoms with Crippen LogP contribution in [0.3, 0.4) is 0 Å². The van der Waals surface area contributed by atoms with Crippen molar-refractivity contribution in [2.45, 2.75) is 36.6 Å². The highest BCUT2D eigenvalue weighted by Gasteiger charge is 2.60. The summed E-state index contributed by atoms with van der Waals surface area (Å²) < 4.78 is 78.3. The second kappa shape index (κ2) is 11.8. The highest BCUT2D eigenvalue weighted by Crippen LogP contribution is 2.59. The van der Waals surface area contributed by atoms with Gasteiger partial charge in [-0.05, 0) is 0 Å². The van der Waals surface area contributed by atoms with Crippen molar-refractivity contribution < 1.29 is 109 Å². The van der Waals surface area contributed by atoms with Gasteiger partial charge in [-0.25, -0.2) is 18.3 Å². The monoisotopic (exact) mass is 656 g/mol. The Morgan fingerprint density at radius 2 is 0.778 bits per heavy atom. The first kappa shape index (κ1) is 34.9. The summed E-state index contributed by atoms with van der Waals surface area (Å²) in [7, 11) is -35.6. The number of aliphatic hydroxyl groups excluding tert-OH is 1. The van der Waals surface area contributed by atoms with E-state index in [0.29, 0.717) is 0 Å². The minimum Gasteiger partial charge on any atom is -0.687 e. The fourth-order valence-corrected chi connectivity index (χ4v) is 7.69. The van der Waals surface area contributed by atoms with Crippen molar-refractivity contribution in [2.24, 2.45) is 0 Å². The quantitative estimate of drug-likeness (QED) is 0.0876. The predicted octanol–water partition coefficient (Wildman–Crippen LogP) is -5.36. The van der Waals surface area contributed by atoms with Crippen LogP contribution in [0.25, 0.3) is 0 Å². The van der Waals surface area contributed by atoms with Crippen molar-refractivity contribution in [3.63, 3.8) is 0 Å². The van der Waals surface area contributed by atoms with E-state index in [4.69, 9.17) is 39.1 Å². The van der Waals surface area contributed by atoms with Gasteiger partial charge < -0.3 is 63.8 Å². The van der Waals surface area contributed by atoms with Crippen molar-refractivity contribution >= 4 is 46.8 Å². The third-order valence-corrected chi connectivity index (χ3v) is 9.10. The summed E-state index contributed by atoms with van der Waals surface area (Å²) in [6.45, 7) is 0. The first-order valence-corrected chi connectivity index (χ1v) is 17.9. The van der Waals surface area contributed by atoms with E-state index >= 15 is 0 Å². The fraction of sp³-hybridized carbons (Fsp3) is 1.00. The van der Waals surface area contributed by atoms with Crippen LogP contribution in [0, 0.1) is 0 Å². The molecule has 0 aromatic heterocycles. The lowest BCUT2D eigenvalue weighted by molar-refractivity contribution is -0.426. The lowest BCUT2D eigenvalue weighted by atomic mass is 9.85. The van der Waals surface area contributed by atoms with Gasteiger partial charge in [-0.3, -0.25) is 27.2 Å². The van der Waals surface area contributed by atoms with E-state index in [9.17, 15) is 47.5 Å². The molecule has 0 aromatic carbocycles.